The molecule has 16 heavy (non-hydrogen) atoms. The Morgan fingerprint density at radius 2 is 1.81 bits per heavy atom. The lowest BCUT2D eigenvalue weighted by Gasteiger charge is -2.20. The average Bonchev–Trinajstić information content (AvgIpc) is 2.24. The van der Waals surface area contributed by atoms with Gasteiger partial charge in [-0.3, -0.25) is 0 Å². The Labute approximate surface area is 101 Å². The predicted molar refractivity (Wildman–Crippen MR) is 66.9 cm³/mol. The minimum Gasteiger partial charge on any atom is -0.357 e. The van der Waals surface area contributed by atoms with Gasteiger partial charge in [-0.05, 0) is 23.9 Å². The molecule has 0 aromatic carbocycles. The van der Waals surface area contributed by atoms with Gasteiger partial charge in [0, 0.05) is 13.1 Å². The van der Waals surface area contributed by atoms with Gasteiger partial charge in [-0.15, -0.1) is 0 Å². The van der Waals surface area contributed by atoms with Gasteiger partial charge >= 0.3 is 0 Å². The average molecular weight is 244 g/mol. The van der Waals surface area contributed by atoms with Crippen molar-refractivity contribution >= 4 is 23.5 Å². The van der Waals surface area contributed by atoms with Crippen LogP contribution in [0.25, 0.3) is 0 Å². The first kappa shape index (κ1) is 13.0. The fourth-order valence-electron chi connectivity index (χ4n) is 1.43. The van der Waals surface area contributed by atoms with Crippen LogP contribution in [-0.2, 0) is 0 Å². The third-order valence-corrected chi connectivity index (χ3v) is 2.56. The van der Waals surface area contributed by atoms with Crippen molar-refractivity contribution in [2.24, 2.45) is 5.92 Å². The number of nitrogens with one attached hydrogen (secondary N) is 2. The summed E-state index contributed by atoms with van der Waals surface area (Å²) in [6.07, 6.45) is 1.01. The molecule has 1 atom stereocenters. The second-order valence-electron chi connectivity index (χ2n) is 3.90. The number of hydrogen-bond donors (Lipinski definition) is 2. The van der Waals surface area contributed by atoms with Crippen molar-refractivity contribution in [1.29, 1.82) is 0 Å². The maximum atomic E-state index is 5.79. The van der Waals surface area contributed by atoms with Gasteiger partial charge in [-0.1, -0.05) is 20.8 Å². The third kappa shape index (κ3) is 3.48. The van der Waals surface area contributed by atoms with Gasteiger partial charge in [0.1, 0.15) is 0 Å². The smallest absolute Gasteiger partial charge is 0.229 e. The topological polar surface area (TPSA) is 62.7 Å². The molecule has 1 unspecified atom stereocenters. The zero-order chi connectivity index (χ0) is 12.1. The van der Waals surface area contributed by atoms with E-state index in [1.165, 1.54) is 0 Å². The highest BCUT2D eigenvalue weighted by atomic mass is 35.5. The molecule has 1 aromatic rings. The summed E-state index contributed by atoms with van der Waals surface area (Å²) >= 11 is 5.79. The minimum atomic E-state index is 0.195. The van der Waals surface area contributed by atoms with Crippen molar-refractivity contribution in [3.63, 3.8) is 0 Å². The summed E-state index contributed by atoms with van der Waals surface area (Å²) in [5.41, 5.74) is 0. The molecule has 2 N–H and O–H groups in total. The molecular weight excluding hydrogens is 226 g/mol. The van der Waals surface area contributed by atoms with Crippen LogP contribution in [0, 0.1) is 5.92 Å². The molecule has 0 bridgehead atoms. The molecule has 0 aliphatic carbocycles. The monoisotopic (exact) mass is 243 g/mol. The molecule has 0 spiro atoms. The standard InChI is InChI=1S/C10H18ClN5/c1-5-7(6(2)3)13-10-15-8(11)14-9(12-4)16-10/h6-7H,5H2,1-4H3,(H2,12,13,14,15,16). The number of hydrogen-bond acceptors (Lipinski definition) is 5. The highest BCUT2D eigenvalue weighted by Gasteiger charge is 2.13. The molecule has 0 saturated heterocycles. The Morgan fingerprint density at radius 1 is 1.19 bits per heavy atom. The lowest BCUT2D eigenvalue weighted by molar-refractivity contribution is 0.508. The van der Waals surface area contributed by atoms with E-state index in [9.17, 15) is 0 Å². The first-order chi connectivity index (χ1) is 7.56. The summed E-state index contributed by atoms with van der Waals surface area (Å²) in [5, 5.41) is 6.29. The van der Waals surface area contributed by atoms with E-state index < -0.39 is 0 Å². The van der Waals surface area contributed by atoms with Gasteiger partial charge in [0.25, 0.3) is 0 Å². The van der Waals surface area contributed by atoms with Crippen LogP contribution in [0.2, 0.25) is 5.28 Å². The molecule has 90 valence electrons. The molecule has 1 aromatic heterocycles. The normalized spacial score (nSPS) is 12.6. The number of nitrogens with zero attached hydrogens (tertiary/aromatic N) is 3. The van der Waals surface area contributed by atoms with E-state index in [-0.39, 0.29) is 5.28 Å². The minimum absolute atomic E-state index is 0.195. The van der Waals surface area contributed by atoms with Gasteiger partial charge in [-0.25, -0.2) is 0 Å². The summed E-state index contributed by atoms with van der Waals surface area (Å²) in [5.74, 6) is 1.50. The SMILES string of the molecule is CCC(Nc1nc(Cl)nc(NC)n1)C(C)C. The number of rotatable bonds is 5. The summed E-state index contributed by atoms with van der Waals surface area (Å²) in [6, 6.07) is 0.336. The van der Waals surface area contributed by atoms with Crippen LogP contribution in [0.4, 0.5) is 11.9 Å². The van der Waals surface area contributed by atoms with E-state index in [4.69, 9.17) is 11.6 Å². The quantitative estimate of drug-likeness (QED) is 0.832. The summed E-state index contributed by atoms with van der Waals surface area (Å²) in [6.45, 7) is 6.44. The Kier molecular flexibility index (Phi) is 4.73. The zero-order valence-electron chi connectivity index (χ0n) is 10.1. The molecule has 0 amide bonds. The predicted octanol–water partition coefficient (Wildman–Crippen LogP) is 2.41. The molecule has 0 aliphatic rings. The molecule has 1 heterocycles. The summed E-state index contributed by atoms with van der Waals surface area (Å²) < 4.78 is 0. The van der Waals surface area contributed by atoms with E-state index in [1.54, 1.807) is 7.05 Å². The van der Waals surface area contributed by atoms with Crippen molar-refractivity contribution in [2.45, 2.75) is 33.2 Å². The highest BCUT2D eigenvalue weighted by Crippen LogP contribution is 2.14. The fraction of sp³-hybridized carbons (Fsp3) is 0.700. The molecule has 0 fully saturated rings. The molecule has 5 nitrogen and oxygen atoms in total. The zero-order valence-corrected chi connectivity index (χ0v) is 10.8. The van der Waals surface area contributed by atoms with Gasteiger partial charge in [0.2, 0.25) is 17.2 Å². The maximum absolute atomic E-state index is 5.79. The van der Waals surface area contributed by atoms with Crippen LogP contribution < -0.4 is 10.6 Å². The van der Waals surface area contributed by atoms with Gasteiger partial charge < -0.3 is 10.6 Å². The Morgan fingerprint density at radius 3 is 2.31 bits per heavy atom. The van der Waals surface area contributed by atoms with Crippen LogP contribution in [-0.4, -0.2) is 28.0 Å². The molecule has 0 radical (unpaired) electrons. The molecular formula is C10H18ClN5. The van der Waals surface area contributed by atoms with E-state index in [0.717, 1.165) is 6.42 Å². The van der Waals surface area contributed by atoms with Crippen LogP contribution in [0.15, 0.2) is 0 Å². The molecule has 1 rings (SSSR count). The van der Waals surface area contributed by atoms with Crippen LogP contribution in [0.5, 0.6) is 0 Å². The van der Waals surface area contributed by atoms with Crippen molar-refractivity contribution in [3.05, 3.63) is 5.28 Å². The first-order valence-electron chi connectivity index (χ1n) is 5.42. The Bertz CT molecular complexity index is 342. The lowest BCUT2D eigenvalue weighted by Crippen LogP contribution is -2.26. The Balaban J connectivity index is 2.83. The van der Waals surface area contributed by atoms with Crippen LogP contribution in [0.3, 0.4) is 0 Å². The van der Waals surface area contributed by atoms with Crippen molar-refractivity contribution in [1.82, 2.24) is 15.0 Å². The lowest BCUT2D eigenvalue weighted by atomic mass is 10.0. The number of halogens is 1. The Hall–Kier alpha value is -1.10. The van der Waals surface area contributed by atoms with Crippen molar-refractivity contribution in [2.75, 3.05) is 17.7 Å². The van der Waals surface area contributed by atoms with Gasteiger partial charge in [0.05, 0.1) is 0 Å². The van der Waals surface area contributed by atoms with E-state index in [2.05, 4.69) is 46.4 Å². The third-order valence-electron chi connectivity index (χ3n) is 2.39. The molecule has 6 heteroatoms. The second-order valence-corrected chi connectivity index (χ2v) is 4.24. The maximum Gasteiger partial charge on any atom is 0.229 e. The largest absolute Gasteiger partial charge is 0.357 e. The number of anilines is 2. The van der Waals surface area contributed by atoms with Gasteiger partial charge in [0.15, 0.2) is 0 Å². The van der Waals surface area contributed by atoms with E-state index in [1.807, 2.05) is 0 Å². The van der Waals surface area contributed by atoms with E-state index in [0.29, 0.717) is 23.9 Å². The summed E-state index contributed by atoms with van der Waals surface area (Å²) in [7, 11) is 1.75. The fourth-order valence-corrected chi connectivity index (χ4v) is 1.59. The van der Waals surface area contributed by atoms with Crippen molar-refractivity contribution in [3.8, 4) is 0 Å². The number of aromatic nitrogens is 3. The van der Waals surface area contributed by atoms with Crippen LogP contribution in [0.1, 0.15) is 27.2 Å². The molecule has 0 saturated carbocycles. The second kappa shape index (κ2) is 5.84. The molecule has 0 aliphatic heterocycles. The van der Waals surface area contributed by atoms with Crippen molar-refractivity contribution < 1.29 is 0 Å². The van der Waals surface area contributed by atoms with E-state index >= 15 is 0 Å². The first-order valence-corrected chi connectivity index (χ1v) is 5.80. The van der Waals surface area contributed by atoms with Crippen LogP contribution >= 0.6 is 11.6 Å². The highest BCUT2D eigenvalue weighted by molar-refractivity contribution is 6.28. The summed E-state index contributed by atoms with van der Waals surface area (Å²) in [4.78, 5) is 12.2. The van der Waals surface area contributed by atoms with Gasteiger partial charge in [-0.2, -0.15) is 15.0 Å².